The zero-order valence-corrected chi connectivity index (χ0v) is 16.4. The van der Waals surface area contributed by atoms with Gasteiger partial charge in [-0.3, -0.25) is 4.79 Å². The Balaban J connectivity index is 1.43. The Morgan fingerprint density at radius 2 is 2.15 bits per heavy atom. The van der Waals surface area contributed by atoms with Crippen molar-refractivity contribution in [2.75, 3.05) is 40.3 Å². The van der Waals surface area contributed by atoms with Crippen LogP contribution in [0.15, 0.2) is 43.0 Å². The fourth-order valence-electron chi connectivity index (χ4n) is 3.73. The molecule has 3 rings (SSSR count). The molecule has 146 valence electrons. The van der Waals surface area contributed by atoms with Crippen LogP contribution in [0, 0.1) is 5.92 Å². The summed E-state index contributed by atoms with van der Waals surface area (Å²) in [6.07, 6.45) is 8.67. The standard InChI is InChI=1S/C21H30N4O2/c1-23(21(26)16-25-13-10-22-17-25)14-19-4-3-11-24(15-19)12-9-18-5-7-20(27-2)8-6-18/h5-8,10,13,17,19H,3-4,9,11-12,14-16H2,1-2H3. The number of carbonyl (C=O) groups excluding carboxylic acids is 1. The first-order valence-electron chi connectivity index (χ1n) is 9.69. The Morgan fingerprint density at radius 3 is 2.85 bits per heavy atom. The van der Waals surface area contributed by atoms with E-state index >= 15 is 0 Å². The van der Waals surface area contributed by atoms with E-state index in [1.54, 1.807) is 19.6 Å². The molecular weight excluding hydrogens is 340 g/mol. The Kier molecular flexibility index (Phi) is 6.87. The third kappa shape index (κ3) is 5.82. The number of benzene rings is 1. The molecule has 0 saturated carbocycles. The Morgan fingerprint density at radius 1 is 1.33 bits per heavy atom. The van der Waals surface area contributed by atoms with E-state index in [1.165, 1.54) is 18.4 Å². The summed E-state index contributed by atoms with van der Waals surface area (Å²) < 4.78 is 7.04. The second kappa shape index (κ2) is 9.55. The van der Waals surface area contributed by atoms with Gasteiger partial charge in [0.25, 0.3) is 0 Å². The van der Waals surface area contributed by atoms with E-state index in [0.717, 1.165) is 38.3 Å². The number of nitrogens with zero attached hydrogens (tertiary/aromatic N) is 4. The highest BCUT2D eigenvalue weighted by Crippen LogP contribution is 2.19. The third-order valence-corrected chi connectivity index (χ3v) is 5.31. The van der Waals surface area contributed by atoms with E-state index in [-0.39, 0.29) is 5.91 Å². The number of ether oxygens (including phenoxy) is 1. The van der Waals surface area contributed by atoms with Gasteiger partial charge in [0.1, 0.15) is 12.3 Å². The van der Waals surface area contributed by atoms with Gasteiger partial charge in [0.2, 0.25) is 5.91 Å². The number of methoxy groups -OCH3 is 1. The molecule has 0 radical (unpaired) electrons. The van der Waals surface area contributed by atoms with Gasteiger partial charge < -0.3 is 19.1 Å². The van der Waals surface area contributed by atoms with E-state index in [0.29, 0.717) is 12.5 Å². The number of rotatable bonds is 8. The van der Waals surface area contributed by atoms with Gasteiger partial charge in [-0.1, -0.05) is 12.1 Å². The zero-order chi connectivity index (χ0) is 19.1. The van der Waals surface area contributed by atoms with Crippen LogP contribution in [-0.4, -0.2) is 65.6 Å². The predicted molar refractivity (Wildman–Crippen MR) is 106 cm³/mol. The number of hydrogen-bond acceptors (Lipinski definition) is 4. The number of aromatic nitrogens is 2. The predicted octanol–water partition coefficient (Wildman–Crippen LogP) is 2.30. The normalized spacial score (nSPS) is 17.6. The lowest BCUT2D eigenvalue weighted by Crippen LogP contribution is -2.42. The SMILES string of the molecule is COc1ccc(CCN2CCCC(CN(C)C(=O)Cn3ccnc3)C2)cc1. The van der Waals surface area contributed by atoms with Gasteiger partial charge >= 0.3 is 0 Å². The average molecular weight is 370 g/mol. The van der Waals surface area contributed by atoms with Gasteiger partial charge in [-0.2, -0.15) is 0 Å². The maximum Gasteiger partial charge on any atom is 0.242 e. The molecule has 2 aromatic rings. The van der Waals surface area contributed by atoms with Gasteiger partial charge in [0, 0.05) is 39.1 Å². The monoisotopic (exact) mass is 370 g/mol. The van der Waals surface area contributed by atoms with Crippen molar-refractivity contribution in [2.24, 2.45) is 5.92 Å². The van der Waals surface area contributed by atoms with Gasteiger partial charge in [-0.25, -0.2) is 4.98 Å². The van der Waals surface area contributed by atoms with Gasteiger partial charge in [0.05, 0.1) is 13.4 Å². The molecule has 0 aliphatic carbocycles. The van der Waals surface area contributed by atoms with Crippen LogP contribution in [0.2, 0.25) is 0 Å². The van der Waals surface area contributed by atoms with Crippen molar-refractivity contribution in [2.45, 2.75) is 25.8 Å². The fraction of sp³-hybridized carbons (Fsp3) is 0.524. The lowest BCUT2D eigenvalue weighted by molar-refractivity contribution is -0.131. The molecule has 6 nitrogen and oxygen atoms in total. The van der Waals surface area contributed by atoms with E-state index in [9.17, 15) is 4.79 Å². The molecule has 1 fully saturated rings. The number of piperidine rings is 1. The van der Waals surface area contributed by atoms with Gasteiger partial charge in [0.15, 0.2) is 0 Å². The fourth-order valence-corrected chi connectivity index (χ4v) is 3.73. The molecule has 2 heterocycles. The van der Waals surface area contributed by atoms with Crippen LogP contribution in [0.5, 0.6) is 5.75 Å². The minimum atomic E-state index is 0.142. The molecule has 1 saturated heterocycles. The summed E-state index contributed by atoms with van der Waals surface area (Å²) in [4.78, 5) is 20.8. The van der Waals surface area contributed by atoms with Crippen molar-refractivity contribution in [3.05, 3.63) is 48.5 Å². The number of imidazole rings is 1. The molecule has 1 aliphatic heterocycles. The van der Waals surface area contributed by atoms with Crippen LogP contribution >= 0.6 is 0 Å². The Hall–Kier alpha value is -2.34. The van der Waals surface area contributed by atoms with Crippen LogP contribution in [-0.2, 0) is 17.8 Å². The average Bonchev–Trinajstić information content (AvgIpc) is 3.20. The number of carbonyl (C=O) groups is 1. The second-order valence-electron chi connectivity index (χ2n) is 7.42. The molecular formula is C21H30N4O2. The molecule has 27 heavy (non-hydrogen) atoms. The number of likely N-dealkylation sites (tertiary alicyclic amines) is 1. The first-order valence-corrected chi connectivity index (χ1v) is 9.69. The molecule has 0 N–H and O–H groups in total. The maximum absolute atomic E-state index is 12.4. The molecule has 1 aromatic heterocycles. The molecule has 1 unspecified atom stereocenters. The van der Waals surface area contributed by atoms with Crippen molar-refractivity contribution in [3.8, 4) is 5.75 Å². The summed E-state index contributed by atoms with van der Waals surface area (Å²) in [5.74, 6) is 1.59. The first-order chi connectivity index (χ1) is 13.1. The molecule has 0 bridgehead atoms. The van der Waals surface area contributed by atoms with E-state index in [1.807, 2.05) is 34.8 Å². The largest absolute Gasteiger partial charge is 0.497 e. The van der Waals surface area contributed by atoms with Crippen molar-refractivity contribution < 1.29 is 9.53 Å². The van der Waals surface area contributed by atoms with E-state index in [4.69, 9.17) is 4.74 Å². The minimum Gasteiger partial charge on any atom is -0.497 e. The van der Waals surface area contributed by atoms with Crippen LogP contribution < -0.4 is 4.74 Å². The molecule has 6 heteroatoms. The molecule has 0 spiro atoms. The Bertz CT molecular complexity index is 699. The highest BCUT2D eigenvalue weighted by Gasteiger charge is 2.22. The topological polar surface area (TPSA) is 50.6 Å². The minimum absolute atomic E-state index is 0.142. The van der Waals surface area contributed by atoms with Crippen molar-refractivity contribution >= 4 is 5.91 Å². The van der Waals surface area contributed by atoms with Crippen LogP contribution in [0.1, 0.15) is 18.4 Å². The summed E-state index contributed by atoms with van der Waals surface area (Å²) in [5, 5.41) is 0. The summed E-state index contributed by atoms with van der Waals surface area (Å²) in [7, 11) is 3.61. The van der Waals surface area contributed by atoms with E-state index in [2.05, 4.69) is 22.0 Å². The second-order valence-corrected chi connectivity index (χ2v) is 7.42. The zero-order valence-electron chi connectivity index (χ0n) is 16.4. The summed E-state index contributed by atoms with van der Waals surface area (Å²) in [5.41, 5.74) is 1.34. The molecule has 1 amide bonds. The lowest BCUT2D eigenvalue weighted by atomic mass is 9.97. The third-order valence-electron chi connectivity index (χ3n) is 5.31. The summed E-state index contributed by atoms with van der Waals surface area (Å²) in [6.45, 7) is 4.48. The quantitative estimate of drug-likeness (QED) is 0.716. The maximum atomic E-state index is 12.4. The molecule has 1 aliphatic rings. The van der Waals surface area contributed by atoms with Crippen LogP contribution in [0.3, 0.4) is 0 Å². The van der Waals surface area contributed by atoms with Gasteiger partial charge in [-0.05, 0) is 49.4 Å². The summed E-state index contributed by atoms with van der Waals surface area (Å²) >= 11 is 0. The first kappa shape index (κ1) is 19.4. The lowest BCUT2D eigenvalue weighted by Gasteiger charge is -2.34. The highest BCUT2D eigenvalue weighted by molar-refractivity contribution is 5.75. The smallest absolute Gasteiger partial charge is 0.242 e. The molecule has 1 aromatic carbocycles. The van der Waals surface area contributed by atoms with Crippen molar-refractivity contribution in [1.29, 1.82) is 0 Å². The molecule has 1 atom stereocenters. The number of hydrogen-bond donors (Lipinski definition) is 0. The van der Waals surface area contributed by atoms with Crippen LogP contribution in [0.4, 0.5) is 0 Å². The van der Waals surface area contributed by atoms with Crippen molar-refractivity contribution in [1.82, 2.24) is 19.4 Å². The number of amides is 1. The highest BCUT2D eigenvalue weighted by atomic mass is 16.5. The van der Waals surface area contributed by atoms with Crippen LogP contribution in [0.25, 0.3) is 0 Å². The van der Waals surface area contributed by atoms with Gasteiger partial charge in [-0.15, -0.1) is 0 Å². The Labute approximate surface area is 161 Å². The summed E-state index contributed by atoms with van der Waals surface area (Å²) in [6, 6.07) is 8.33. The van der Waals surface area contributed by atoms with E-state index < -0.39 is 0 Å². The van der Waals surface area contributed by atoms with Crippen molar-refractivity contribution in [3.63, 3.8) is 0 Å². The number of likely N-dealkylation sites (N-methyl/N-ethyl adjacent to an activating group) is 1.